The molecule has 22 heavy (non-hydrogen) atoms. The second-order valence-electron chi connectivity index (χ2n) is 5.61. The van der Waals surface area contributed by atoms with Crippen molar-refractivity contribution in [1.82, 2.24) is 4.98 Å². The Morgan fingerprint density at radius 1 is 1.14 bits per heavy atom. The van der Waals surface area contributed by atoms with Crippen LogP contribution in [-0.2, 0) is 23.6 Å². The van der Waals surface area contributed by atoms with Crippen LogP contribution in [0.1, 0.15) is 33.9 Å². The summed E-state index contributed by atoms with van der Waals surface area (Å²) in [6.45, 7) is 7.89. The van der Waals surface area contributed by atoms with Crippen molar-refractivity contribution in [3.05, 3.63) is 52.1 Å². The largest absolute Gasteiger partial charge is 0.294 e. The van der Waals surface area contributed by atoms with Crippen molar-refractivity contribution < 1.29 is 17.5 Å². The SMILES string of the molecule is Cc1ccc(S(=O)(=O)O)cc1Cc1nc(C)c(C)[n+](C)c1C. The molecule has 0 spiro atoms. The maximum Gasteiger partial charge on any atom is 0.294 e. The second-order valence-corrected chi connectivity index (χ2v) is 7.04. The van der Waals surface area contributed by atoms with Gasteiger partial charge in [0.25, 0.3) is 10.1 Å². The van der Waals surface area contributed by atoms with Crippen LogP contribution in [0.25, 0.3) is 0 Å². The molecule has 0 aliphatic rings. The quantitative estimate of drug-likeness (QED) is 0.693. The van der Waals surface area contributed by atoms with Gasteiger partial charge in [0.2, 0.25) is 0 Å². The minimum atomic E-state index is -4.19. The van der Waals surface area contributed by atoms with E-state index in [1.807, 2.05) is 34.7 Å². The van der Waals surface area contributed by atoms with Crippen molar-refractivity contribution in [3.8, 4) is 0 Å². The lowest BCUT2D eigenvalue weighted by atomic mass is 10.0. The molecule has 5 nitrogen and oxygen atoms in total. The molecule has 0 saturated heterocycles. The summed E-state index contributed by atoms with van der Waals surface area (Å²) in [7, 11) is -2.20. The zero-order valence-corrected chi connectivity index (χ0v) is 14.3. The molecule has 0 atom stereocenters. The molecule has 0 unspecified atom stereocenters. The Bertz CT molecular complexity index is 843. The van der Waals surface area contributed by atoms with Gasteiger partial charge >= 0.3 is 0 Å². The second kappa shape index (κ2) is 5.78. The van der Waals surface area contributed by atoms with Gasteiger partial charge in [-0.05, 0) is 37.1 Å². The van der Waals surface area contributed by atoms with E-state index in [4.69, 9.17) is 0 Å². The zero-order valence-electron chi connectivity index (χ0n) is 13.5. The monoisotopic (exact) mass is 321 g/mol. The number of rotatable bonds is 3. The topological polar surface area (TPSA) is 71.1 Å². The van der Waals surface area contributed by atoms with Gasteiger partial charge in [-0.25, -0.2) is 4.98 Å². The lowest BCUT2D eigenvalue weighted by Gasteiger charge is -2.10. The third-order valence-corrected chi connectivity index (χ3v) is 5.08. The Hall–Kier alpha value is -1.79. The smallest absolute Gasteiger partial charge is 0.282 e. The van der Waals surface area contributed by atoms with Crippen molar-refractivity contribution in [1.29, 1.82) is 0 Å². The summed E-state index contributed by atoms with van der Waals surface area (Å²) in [5.74, 6) is 0. The van der Waals surface area contributed by atoms with E-state index < -0.39 is 10.1 Å². The molecule has 0 bridgehead atoms. The van der Waals surface area contributed by atoms with E-state index in [1.54, 1.807) is 6.07 Å². The van der Waals surface area contributed by atoms with Crippen LogP contribution in [0, 0.1) is 27.7 Å². The average molecular weight is 321 g/mol. The van der Waals surface area contributed by atoms with E-state index >= 15 is 0 Å². The fraction of sp³-hybridized carbons (Fsp3) is 0.375. The minimum Gasteiger partial charge on any atom is -0.282 e. The van der Waals surface area contributed by atoms with Crippen LogP contribution >= 0.6 is 0 Å². The summed E-state index contributed by atoms with van der Waals surface area (Å²) in [5, 5.41) is 0. The van der Waals surface area contributed by atoms with Gasteiger partial charge in [-0.15, -0.1) is 0 Å². The van der Waals surface area contributed by atoms with Crippen LogP contribution in [0.5, 0.6) is 0 Å². The molecule has 1 aromatic carbocycles. The standard InChI is InChI=1S/C16H20N2O3S/c1-10-6-7-15(22(19,20)21)8-14(10)9-16-13(4)18(5)12(3)11(2)17-16/h6-8H,9H2,1-5H3/p+1. The van der Waals surface area contributed by atoms with Crippen LogP contribution in [0.2, 0.25) is 0 Å². The molecule has 0 fully saturated rings. The van der Waals surface area contributed by atoms with E-state index in [0.717, 1.165) is 33.9 Å². The lowest BCUT2D eigenvalue weighted by Crippen LogP contribution is -2.38. The maximum atomic E-state index is 11.3. The first kappa shape index (κ1) is 16.6. The van der Waals surface area contributed by atoms with Gasteiger partial charge in [0.15, 0.2) is 11.4 Å². The number of benzene rings is 1. The highest BCUT2D eigenvalue weighted by atomic mass is 32.2. The van der Waals surface area contributed by atoms with Crippen molar-refractivity contribution in [2.45, 2.75) is 39.0 Å². The van der Waals surface area contributed by atoms with Gasteiger partial charge in [-0.1, -0.05) is 6.07 Å². The number of nitrogens with zero attached hydrogens (tertiary/aromatic N) is 2. The summed E-state index contributed by atoms with van der Waals surface area (Å²) in [6, 6.07) is 4.63. The summed E-state index contributed by atoms with van der Waals surface area (Å²) < 4.78 is 33.9. The normalized spacial score (nSPS) is 11.7. The summed E-state index contributed by atoms with van der Waals surface area (Å²) >= 11 is 0. The van der Waals surface area contributed by atoms with Crippen molar-refractivity contribution >= 4 is 10.1 Å². The molecule has 2 rings (SSSR count). The zero-order chi connectivity index (χ0) is 16.7. The van der Waals surface area contributed by atoms with Crippen molar-refractivity contribution in [3.63, 3.8) is 0 Å². The first-order valence-electron chi connectivity index (χ1n) is 7.01. The number of hydrogen-bond donors (Lipinski definition) is 1. The van der Waals surface area contributed by atoms with E-state index in [0.29, 0.717) is 6.42 Å². The number of aryl methyl sites for hydroxylation is 2. The highest BCUT2D eigenvalue weighted by molar-refractivity contribution is 7.85. The maximum absolute atomic E-state index is 11.3. The van der Waals surface area contributed by atoms with Crippen LogP contribution in [0.3, 0.4) is 0 Å². The summed E-state index contributed by atoms with van der Waals surface area (Å²) in [4.78, 5) is 4.54. The molecule has 0 radical (unpaired) electrons. The highest BCUT2D eigenvalue weighted by Crippen LogP contribution is 2.19. The highest BCUT2D eigenvalue weighted by Gasteiger charge is 2.18. The Morgan fingerprint density at radius 2 is 1.77 bits per heavy atom. The first-order valence-corrected chi connectivity index (χ1v) is 8.45. The van der Waals surface area contributed by atoms with Crippen LogP contribution in [-0.4, -0.2) is 18.0 Å². The Morgan fingerprint density at radius 3 is 2.36 bits per heavy atom. The van der Waals surface area contributed by atoms with E-state index in [2.05, 4.69) is 9.55 Å². The molecule has 1 aromatic heterocycles. The molecule has 0 aliphatic heterocycles. The molecule has 1 N–H and O–H groups in total. The molecule has 118 valence electrons. The molecule has 0 amide bonds. The molecular weight excluding hydrogens is 300 g/mol. The Labute approximate surface area is 131 Å². The van der Waals surface area contributed by atoms with E-state index in [1.165, 1.54) is 12.1 Å². The van der Waals surface area contributed by atoms with Crippen molar-refractivity contribution in [2.24, 2.45) is 7.05 Å². The van der Waals surface area contributed by atoms with Crippen LogP contribution < -0.4 is 4.57 Å². The summed E-state index contributed by atoms with van der Waals surface area (Å²) in [6.07, 6.45) is 0.524. The molecular formula is C16H21N2O3S+. The van der Waals surface area contributed by atoms with Crippen LogP contribution in [0.15, 0.2) is 23.1 Å². The van der Waals surface area contributed by atoms with Gasteiger partial charge in [-0.3, -0.25) is 4.55 Å². The van der Waals surface area contributed by atoms with E-state index in [9.17, 15) is 13.0 Å². The molecule has 6 heteroatoms. The minimum absolute atomic E-state index is 0.0843. The first-order chi connectivity index (χ1) is 10.1. The Balaban J connectivity index is 2.52. The predicted molar refractivity (Wildman–Crippen MR) is 83.4 cm³/mol. The van der Waals surface area contributed by atoms with Gasteiger partial charge in [-0.2, -0.15) is 13.0 Å². The van der Waals surface area contributed by atoms with Gasteiger partial charge in [0.05, 0.1) is 4.90 Å². The van der Waals surface area contributed by atoms with Gasteiger partial charge in [0.1, 0.15) is 18.4 Å². The lowest BCUT2D eigenvalue weighted by molar-refractivity contribution is -0.685. The average Bonchev–Trinajstić information content (AvgIpc) is 2.43. The predicted octanol–water partition coefficient (Wildman–Crippen LogP) is 1.98. The number of aromatic nitrogens is 2. The molecule has 2 aromatic rings. The third-order valence-electron chi connectivity index (χ3n) is 4.23. The molecule has 1 heterocycles. The fourth-order valence-electron chi connectivity index (χ4n) is 2.40. The van der Waals surface area contributed by atoms with E-state index in [-0.39, 0.29) is 4.90 Å². The fourth-order valence-corrected chi connectivity index (χ4v) is 2.93. The molecule has 0 aliphatic carbocycles. The third kappa shape index (κ3) is 3.18. The Kier molecular flexibility index (Phi) is 4.35. The summed E-state index contributed by atoms with van der Waals surface area (Å²) in [5.41, 5.74) is 5.81. The number of hydrogen-bond acceptors (Lipinski definition) is 3. The van der Waals surface area contributed by atoms with Crippen molar-refractivity contribution in [2.75, 3.05) is 0 Å². The molecule has 0 saturated carbocycles. The van der Waals surface area contributed by atoms with Gasteiger partial charge < -0.3 is 0 Å². The van der Waals surface area contributed by atoms with Gasteiger partial charge in [0, 0.05) is 20.3 Å². The van der Waals surface area contributed by atoms with Crippen LogP contribution in [0.4, 0.5) is 0 Å².